The number of carbonyl (C=O) groups is 2. The summed E-state index contributed by atoms with van der Waals surface area (Å²) in [5, 5.41) is 16.7. The molecule has 0 bridgehead atoms. The van der Waals surface area contributed by atoms with Crippen molar-refractivity contribution >= 4 is 46.3 Å². The number of likely N-dealkylation sites (tertiary alicyclic amines) is 1. The molecule has 36 heavy (non-hydrogen) atoms. The molecule has 5 rings (SSSR count). The number of nitrogens with two attached hydrogens (primary N) is 1. The normalized spacial score (nSPS) is 18.3. The SMILES string of the molecule is CC(C)(C)C1C(n2nc(C(=O)Nc3nc4cc(C#N)ccc4o3)c3c(N)ncnc32)CCCN1C=O. The molecule has 1 aromatic carbocycles. The Hall–Kier alpha value is -4.53. The summed E-state index contributed by atoms with van der Waals surface area (Å²) in [5.74, 6) is -0.481. The van der Waals surface area contributed by atoms with Crippen LogP contribution in [0.3, 0.4) is 0 Å². The second-order valence-corrected chi connectivity index (χ2v) is 9.88. The Kier molecular flexibility index (Phi) is 5.55. The summed E-state index contributed by atoms with van der Waals surface area (Å²) in [6.45, 7) is 6.86. The average Bonchev–Trinajstić information content (AvgIpc) is 3.44. The van der Waals surface area contributed by atoms with Gasteiger partial charge in [-0.15, -0.1) is 0 Å². The Balaban J connectivity index is 1.57. The highest BCUT2D eigenvalue weighted by Crippen LogP contribution is 2.40. The molecule has 0 radical (unpaired) electrons. The first-order valence-corrected chi connectivity index (χ1v) is 11.5. The number of rotatable bonds is 4. The van der Waals surface area contributed by atoms with Gasteiger partial charge in [0.1, 0.15) is 17.7 Å². The number of piperidine rings is 1. The average molecular weight is 488 g/mol. The van der Waals surface area contributed by atoms with Crippen LogP contribution in [0.5, 0.6) is 0 Å². The summed E-state index contributed by atoms with van der Waals surface area (Å²) >= 11 is 0. The van der Waals surface area contributed by atoms with Crippen LogP contribution in [0.2, 0.25) is 0 Å². The van der Waals surface area contributed by atoms with E-state index in [4.69, 9.17) is 15.4 Å². The van der Waals surface area contributed by atoms with Crippen LogP contribution in [-0.2, 0) is 4.79 Å². The highest BCUT2D eigenvalue weighted by Gasteiger charge is 2.42. The lowest BCUT2D eigenvalue weighted by atomic mass is 9.78. The minimum Gasteiger partial charge on any atom is -0.423 e. The number of nitrogen functional groups attached to an aromatic ring is 1. The zero-order valence-corrected chi connectivity index (χ0v) is 20.1. The molecule has 1 aliphatic heterocycles. The van der Waals surface area contributed by atoms with Gasteiger partial charge in [0.25, 0.3) is 5.91 Å². The maximum Gasteiger partial charge on any atom is 0.302 e. The van der Waals surface area contributed by atoms with Crippen LogP contribution in [0.15, 0.2) is 28.9 Å². The van der Waals surface area contributed by atoms with E-state index in [1.807, 2.05) is 6.07 Å². The molecule has 3 aromatic heterocycles. The fourth-order valence-electron chi connectivity index (χ4n) is 5.04. The van der Waals surface area contributed by atoms with Gasteiger partial charge >= 0.3 is 6.01 Å². The van der Waals surface area contributed by atoms with Crippen molar-refractivity contribution in [3.63, 3.8) is 0 Å². The molecular formula is C24H25N9O3. The number of fused-ring (bicyclic) bond motifs is 2. The van der Waals surface area contributed by atoms with Gasteiger partial charge in [0, 0.05) is 6.54 Å². The van der Waals surface area contributed by atoms with Gasteiger partial charge in [-0.3, -0.25) is 14.9 Å². The van der Waals surface area contributed by atoms with E-state index in [-0.39, 0.29) is 35.0 Å². The van der Waals surface area contributed by atoms with Crippen LogP contribution >= 0.6 is 0 Å². The summed E-state index contributed by atoms with van der Waals surface area (Å²) in [7, 11) is 0. The number of nitrogens with one attached hydrogen (secondary N) is 1. The van der Waals surface area contributed by atoms with Crippen LogP contribution in [0.1, 0.15) is 55.7 Å². The van der Waals surface area contributed by atoms with Gasteiger partial charge in [0.15, 0.2) is 16.9 Å². The van der Waals surface area contributed by atoms with E-state index in [0.29, 0.717) is 34.2 Å². The maximum absolute atomic E-state index is 13.4. The molecule has 184 valence electrons. The molecule has 0 saturated carbocycles. The fourth-order valence-corrected chi connectivity index (χ4v) is 5.04. The molecule has 0 spiro atoms. The molecule has 4 heterocycles. The molecule has 3 N–H and O–H groups in total. The van der Waals surface area contributed by atoms with Crippen LogP contribution < -0.4 is 11.1 Å². The Morgan fingerprint density at radius 1 is 1.33 bits per heavy atom. The molecule has 2 amide bonds. The Bertz CT molecular complexity index is 1530. The number of aromatic nitrogens is 5. The first kappa shape index (κ1) is 23.2. The number of hydrogen-bond acceptors (Lipinski definition) is 9. The number of amides is 2. The molecule has 12 nitrogen and oxygen atoms in total. The highest BCUT2D eigenvalue weighted by atomic mass is 16.4. The Labute approximate surface area is 206 Å². The lowest BCUT2D eigenvalue weighted by Crippen LogP contribution is -2.52. The Morgan fingerprint density at radius 2 is 2.14 bits per heavy atom. The third-order valence-electron chi connectivity index (χ3n) is 6.45. The van der Waals surface area contributed by atoms with E-state index < -0.39 is 5.91 Å². The second-order valence-electron chi connectivity index (χ2n) is 9.88. The third-order valence-corrected chi connectivity index (χ3v) is 6.45. The summed E-state index contributed by atoms with van der Waals surface area (Å²) < 4.78 is 7.31. The van der Waals surface area contributed by atoms with Gasteiger partial charge in [-0.05, 0) is 36.5 Å². The van der Waals surface area contributed by atoms with Gasteiger partial charge in [0.05, 0.1) is 29.1 Å². The van der Waals surface area contributed by atoms with Crippen LogP contribution in [0.25, 0.3) is 22.1 Å². The number of nitriles is 1. The van der Waals surface area contributed by atoms with Crippen molar-refractivity contribution in [3.05, 3.63) is 35.8 Å². The van der Waals surface area contributed by atoms with E-state index >= 15 is 0 Å². The number of benzene rings is 1. The molecule has 12 heteroatoms. The number of nitrogens with zero attached hydrogens (tertiary/aromatic N) is 7. The standard InChI is InChI=1S/C24H25N9O3/c1-24(2,3)19-15(5-4-8-32(19)12-34)33-21-17(20(26)27-11-28-21)18(31-33)22(35)30-23-29-14-9-13(10-25)6-7-16(14)36-23/h6-7,9,11-12,15,19H,4-5,8H2,1-3H3,(H2,26,27,28)(H,29,30,35). The molecule has 0 aliphatic carbocycles. The smallest absolute Gasteiger partial charge is 0.302 e. The summed E-state index contributed by atoms with van der Waals surface area (Å²) in [5.41, 5.74) is 7.64. The van der Waals surface area contributed by atoms with Crippen molar-refractivity contribution in [2.75, 3.05) is 17.6 Å². The van der Waals surface area contributed by atoms with E-state index in [1.165, 1.54) is 6.33 Å². The van der Waals surface area contributed by atoms with E-state index in [1.54, 1.807) is 27.8 Å². The molecule has 1 saturated heterocycles. The topological polar surface area (TPSA) is 169 Å². The number of oxazole rings is 1. The van der Waals surface area contributed by atoms with Crippen molar-refractivity contribution in [3.8, 4) is 6.07 Å². The minimum atomic E-state index is -0.595. The molecule has 4 aromatic rings. The summed E-state index contributed by atoms with van der Waals surface area (Å²) in [4.78, 5) is 39.8. The van der Waals surface area contributed by atoms with Crippen LogP contribution in [0.4, 0.5) is 11.8 Å². The first-order chi connectivity index (χ1) is 17.2. The maximum atomic E-state index is 13.4. The largest absolute Gasteiger partial charge is 0.423 e. The van der Waals surface area contributed by atoms with Crippen LogP contribution in [-0.4, -0.2) is 54.5 Å². The van der Waals surface area contributed by atoms with Gasteiger partial charge < -0.3 is 15.1 Å². The minimum absolute atomic E-state index is 0.0268. The zero-order valence-electron chi connectivity index (χ0n) is 20.1. The molecule has 1 fully saturated rings. The van der Waals surface area contributed by atoms with Crippen molar-refractivity contribution < 1.29 is 14.0 Å². The van der Waals surface area contributed by atoms with Gasteiger partial charge in [0.2, 0.25) is 6.41 Å². The fraction of sp³-hybridized carbons (Fsp3) is 0.375. The van der Waals surface area contributed by atoms with Crippen LogP contribution in [0, 0.1) is 16.7 Å². The third kappa shape index (κ3) is 3.88. The predicted molar refractivity (Wildman–Crippen MR) is 131 cm³/mol. The lowest BCUT2D eigenvalue weighted by molar-refractivity contribution is -0.126. The molecular weight excluding hydrogens is 462 g/mol. The lowest BCUT2D eigenvalue weighted by Gasteiger charge is -2.46. The van der Waals surface area contributed by atoms with Gasteiger partial charge in [-0.1, -0.05) is 20.8 Å². The number of carbonyl (C=O) groups excluding carboxylic acids is 2. The van der Waals surface area contributed by atoms with Crippen molar-refractivity contribution in [1.29, 1.82) is 5.26 Å². The zero-order chi connectivity index (χ0) is 25.6. The first-order valence-electron chi connectivity index (χ1n) is 11.5. The molecule has 1 aliphatic rings. The molecule has 2 unspecified atom stereocenters. The van der Waals surface area contributed by atoms with Gasteiger partial charge in [-0.2, -0.15) is 15.3 Å². The van der Waals surface area contributed by atoms with E-state index in [2.05, 4.69) is 46.1 Å². The number of hydrogen-bond donors (Lipinski definition) is 2. The van der Waals surface area contributed by atoms with Crippen molar-refractivity contribution in [2.24, 2.45) is 5.41 Å². The molecule has 2 atom stereocenters. The van der Waals surface area contributed by atoms with Crippen molar-refractivity contribution in [1.82, 2.24) is 29.6 Å². The monoisotopic (exact) mass is 487 g/mol. The summed E-state index contributed by atoms with van der Waals surface area (Å²) in [6, 6.07) is 6.38. The van der Waals surface area contributed by atoms with E-state index in [9.17, 15) is 9.59 Å². The Morgan fingerprint density at radius 3 is 2.86 bits per heavy atom. The second kappa shape index (κ2) is 8.60. The summed E-state index contributed by atoms with van der Waals surface area (Å²) in [6.07, 6.45) is 3.74. The van der Waals surface area contributed by atoms with E-state index in [0.717, 1.165) is 19.3 Å². The number of anilines is 2. The van der Waals surface area contributed by atoms with Crippen molar-refractivity contribution in [2.45, 2.75) is 45.7 Å². The quantitative estimate of drug-likeness (QED) is 0.411. The predicted octanol–water partition coefficient (Wildman–Crippen LogP) is 2.88. The van der Waals surface area contributed by atoms with Gasteiger partial charge in [-0.25, -0.2) is 14.6 Å². The highest BCUT2D eigenvalue weighted by molar-refractivity contribution is 6.12.